The number of benzene rings is 3. The van der Waals surface area contributed by atoms with Gasteiger partial charge in [-0.15, -0.1) is 0 Å². The highest BCUT2D eigenvalue weighted by Crippen LogP contribution is 2.42. The molecule has 1 atom stereocenters. The van der Waals surface area contributed by atoms with Crippen LogP contribution in [0.25, 0.3) is 10.8 Å². The van der Waals surface area contributed by atoms with Crippen LogP contribution in [-0.4, -0.2) is 43.8 Å². The van der Waals surface area contributed by atoms with E-state index in [0.29, 0.717) is 16.6 Å². The Morgan fingerprint density at radius 3 is 2.39 bits per heavy atom. The zero-order valence-electron chi connectivity index (χ0n) is 20.6. The van der Waals surface area contributed by atoms with E-state index in [-0.39, 0.29) is 48.7 Å². The second kappa shape index (κ2) is 10.3. The van der Waals surface area contributed by atoms with Gasteiger partial charge in [-0.1, -0.05) is 42.5 Å². The SMILES string of the molecule is CC(C)NC(=O)C(C)N(Cc1ccccc1F)C(=O)CCCN1c2cccc3cccc(c23)S1(=O)=O. The zero-order valence-corrected chi connectivity index (χ0v) is 21.4. The summed E-state index contributed by atoms with van der Waals surface area (Å²) in [5.41, 5.74) is 0.905. The highest BCUT2D eigenvalue weighted by molar-refractivity contribution is 7.93. The molecule has 9 heteroatoms. The average molecular weight is 512 g/mol. The number of rotatable bonds is 9. The molecule has 1 N–H and O–H groups in total. The van der Waals surface area contributed by atoms with Crippen molar-refractivity contribution >= 4 is 38.3 Å². The minimum Gasteiger partial charge on any atom is -0.352 e. The molecule has 0 aliphatic carbocycles. The van der Waals surface area contributed by atoms with Gasteiger partial charge in [0.2, 0.25) is 11.8 Å². The molecular weight excluding hydrogens is 481 g/mol. The number of carbonyl (C=O) groups is 2. The first-order valence-corrected chi connectivity index (χ1v) is 13.4. The van der Waals surface area contributed by atoms with E-state index in [1.165, 1.54) is 15.3 Å². The minimum absolute atomic E-state index is 0.00604. The van der Waals surface area contributed by atoms with E-state index in [1.807, 2.05) is 32.0 Å². The van der Waals surface area contributed by atoms with Gasteiger partial charge in [0.15, 0.2) is 0 Å². The van der Waals surface area contributed by atoms with Gasteiger partial charge >= 0.3 is 0 Å². The first kappa shape index (κ1) is 25.6. The lowest BCUT2D eigenvalue weighted by Crippen LogP contribution is -2.49. The van der Waals surface area contributed by atoms with Crippen molar-refractivity contribution in [2.75, 3.05) is 10.8 Å². The summed E-state index contributed by atoms with van der Waals surface area (Å²) in [5.74, 6) is -1.14. The summed E-state index contributed by atoms with van der Waals surface area (Å²) < 4.78 is 42.1. The summed E-state index contributed by atoms with van der Waals surface area (Å²) in [5, 5.41) is 4.32. The van der Waals surface area contributed by atoms with Crippen molar-refractivity contribution in [1.82, 2.24) is 10.2 Å². The van der Waals surface area contributed by atoms with Crippen LogP contribution in [0.5, 0.6) is 0 Å². The Balaban J connectivity index is 1.51. The number of anilines is 1. The fourth-order valence-electron chi connectivity index (χ4n) is 4.51. The number of carbonyl (C=O) groups excluding carboxylic acids is 2. The highest BCUT2D eigenvalue weighted by Gasteiger charge is 2.35. The van der Waals surface area contributed by atoms with Crippen LogP contribution < -0.4 is 9.62 Å². The molecule has 1 aliphatic rings. The normalized spacial score (nSPS) is 14.8. The Hall–Kier alpha value is -3.46. The molecule has 3 aromatic rings. The number of halogens is 1. The van der Waals surface area contributed by atoms with Crippen LogP contribution >= 0.6 is 0 Å². The molecule has 190 valence electrons. The summed E-state index contributed by atoms with van der Waals surface area (Å²) in [7, 11) is -3.72. The Morgan fingerprint density at radius 1 is 1.00 bits per heavy atom. The lowest BCUT2D eigenvalue weighted by Gasteiger charge is -2.30. The maximum atomic E-state index is 14.4. The molecule has 0 fully saturated rings. The molecule has 0 bridgehead atoms. The monoisotopic (exact) mass is 511 g/mol. The van der Waals surface area contributed by atoms with Gasteiger partial charge < -0.3 is 10.2 Å². The molecule has 1 heterocycles. The van der Waals surface area contributed by atoms with Gasteiger partial charge in [0.1, 0.15) is 11.9 Å². The summed E-state index contributed by atoms with van der Waals surface area (Å²) in [6.45, 7) is 5.30. The van der Waals surface area contributed by atoms with Crippen LogP contribution in [0.4, 0.5) is 10.1 Å². The smallest absolute Gasteiger partial charge is 0.265 e. The molecule has 0 radical (unpaired) electrons. The Kier molecular flexibility index (Phi) is 7.31. The third-order valence-corrected chi connectivity index (χ3v) is 8.19. The predicted octanol–water partition coefficient (Wildman–Crippen LogP) is 4.21. The van der Waals surface area contributed by atoms with E-state index in [9.17, 15) is 22.4 Å². The van der Waals surface area contributed by atoms with Gasteiger partial charge in [-0.25, -0.2) is 12.8 Å². The lowest BCUT2D eigenvalue weighted by atomic mass is 10.1. The molecule has 4 rings (SSSR count). The zero-order chi connectivity index (χ0) is 26.0. The summed E-state index contributed by atoms with van der Waals surface area (Å²) in [4.78, 5) is 27.6. The molecule has 0 saturated heterocycles. The Labute approximate surface area is 210 Å². The van der Waals surface area contributed by atoms with E-state index in [1.54, 1.807) is 43.3 Å². The molecule has 0 spiro atoms. The topological polar surface area (TPSA) is 86.8 Å². The molecule has 36 heavy (non-hydrogen) atoms. The van der Waals surface area contributed by atoms with E-state index >= 15 is 0 Å². The van der Waals surface area contributed by atoms with Gasteiger partial charge in [0, 0.05) is 36.5 Å². The van der Waals surface area contributed by atoms with E-state index < -0.39 is 21.9 Å². The maximum Gasteiger partial charge on any atom is 0.265 e. The molecule has 7 nitrogen and oxygen atoms in total. The van der Waals surface area contributed by atoms with Crippen LogP contribution in [0.1, 0.15) is 39.2 Å². The van der Waals surface area contributed by atoms with Crippen molar-refractivity contribution in [3.8, 4) is 0 Å². The summed E-state index contributed by atoms with van der Waals surface area (Å²) in [6.07, 6.45) is 0.251. The quantitative estimate of drug-likeness (QED) is 0.466. The van der Waals surface area contributed by atoms with Crippen molar-refractivity contribution in [3.63, 3.8) is 0 Å². The third kappa shape index (κ3) is 4.93. The molecule has 2 amide bonds. The highest BCUT2D eigenvalue weighted by atomic mass is 32.2. The fourth-order valence-corrected chi connectivity index (χ4v) is 6.26. The average Bonchev–Trinajstić information content (AvgIpc) is 3.05. The number of hydrogen-bond donors (Lipinski definition) is 1. The maximum absolute atomic E-state index is 14.4. The van der Waals surface area contributed by atoms with Crippen molar-refractivity contribution in [2.45, 2.75) is 57.1 Å². The molecule has 1 unspecified atom stereocenters. The van der Waals surface area contributed by atoms with Gasteiger partial charge in [-0.05, 0) is 50.8 Å². The summed E-state index contributed by atoms with van der Waals surface area (Å²) in [6, 6.07) is 15.8. The van der Waals surface area contributed by atoms with Gasteiger partial charge in [0.05, 0.1) is 10.6 Å². The number of sulfonamides is 1. The minimum atomic E-state index is -3.72. The van der Waals surface area contributed by atoms with Crippen LogP contribution in [-0.2, 0) is 26.2 Å². The second-order valence-electron chi connectivity index (χ2n) is 9.26. The molecule has 0 saturated carbocycles. The molecule has 1 aliphatic heterocycles. The second-order valence-corrected chi connectivity index (χ2v) is 11.1. The molecule has 3 aromatic carbocycles. The van der Waals surface area contributed by atoms with Gasteiger partial charge in [-0.3, -0.25) is 13.9 Å². The fraction of sp³-hybridized carbons (Fsp3) is 0.333. The summed E-state index contributed by atoms with van der Waals surface area (Å²) >= 11 is 0. The van der Waals surface area contributed by atoms with Crippen LogP contribution in [0.15, 0.2) is 65.6 Å². The van der Waals surface area contributed by atoms with Crippen LogP contribution in [0.3, 0.4) is 0 Å². The first-order chi connectivity index (χ1) is 17.1. The molecular formula is C27H30FN3O4S. The van der Waals surface area contributed by atoms with Crippen molar-refractivity contribution < 1.29 is 22.4 Å². The van der Waals surface area contributed by atoms with Gasteiger partial charge in [0.25, 0.3) is 10.0 Å². The number of amides is 2. The first-order valence-electron chi connectivity index (χ1n) is 12.0. The molecule has 0 aromatic heterocycles. The number of nitrogens with one attached hydrogen (secondary N) is 1. The standard InChI is InChI=1S/C27H30FN3O4S/c1-18(2)29-27(33)19(3)30(17-21-9-4-5-12-22(21)28)25(32)15-8-16-31-23-13-6-10-20-11-7-14-24(26(20)23)36(31,34)35/h4-7,9-14,18-19H,8,15-17H2,1-3H3,(H,29,33). The van der Waals surface area contributed by atoms with Gasteiger partial charge in [-0.2, -0.15) is 0 Å². The van der Waals surface area contributed by atoms with E-state index in [0.717, 1.165) is 5.39 Å². The predicted molar refractivity (Wildman–Crippen MR) is 137 cm³/mol. The largest absolute Gasteiger partial charge is 0.352 e. The Bertz CT molecular complexity index is 1400. The third-order valence-electron chi connectivity index (χ3n) is 6.33. The van der Waals surface area contributed by atoms with Crippen LogP contribution in [0.2, 0.25) is 0 Å². The van der Waals surface area contributed by atoms with Crippen LogP contribution in [0, 0.1) is 5.82 Å². The number of hydrogen-bond acceptors (Lipinski definition) is 4. The van der Waals surface area contributed by atoms with Crippen molar-refractivity contribution in [1.29, 1.82) is 0 Å². The number of nitrogens with zero attached hydrogens (tertiary/aromatic N) is 2. The Morgan fingerprint density at radius 2 is 1.69 bits per heavy atom. The van der Waals surface area contributed by atoms with E-state index in [2.05, 4.69) is 5.32 Å². The van der Waals surface area contributed by atoms with Crippen molar-refractivity contribution in [3.05, 3.63) is 72.0 Å². The van der Waals surface area contributed by atoms with Crippen molar-refractivity contribution in [2.24, 2.45) is 0 Å². The lowest BCUT2D eigenvalue weighted by molar-refractivity contribution is -0.140. The van der Waals surface area contributed by atoms with E-state index in [4.69, 9.17) is 0 Å².